The number of ketones is 1. The number of carbonyl (C=O) groups is 2. The van der Waals surface area contributed by atoms with Gasteiger partial charge in [0.25, 0.3) is 5.91 Å². The molecule has 0 bridgehead atoms. The van der Waals surface area contributed by atoms with E-state index in [1.165, 1.54) is 0 Å². The highest BCUT2D eigenvalue weighted by molar-refractivity contribution is 6.10. The van der Waals surface area contributed by atoms with E-state index >= 15 is 0 Å². The summed E-state index contributed by atoms with van der Waals surface area (Å²) in [6.45, 7) is 6.44. The van der Waals surface area contributed by atoms with E-state index in [0.717, 1.165) is 12.1 Å². The van der Waals surface area contributed by atoms with Crippen LogP contribution in [0.1, 0.15) is 52.9 Å². The van der Waals surface area contributed by atoms with Gasteiger partial charge in [-0.05, 0) is 30.0 Å². The van der Waals surface area contributed by atoms with Gasteiger partial charge in [-0.15, -0.1) is 0 Å². The second-order valence-electron chi connectivity index (χ2n) is 8.11. The fourth-order valence-electron chi connectivity index (χ4n) is 3.02. The van der Waals surface area contributed by atoms with E-state index in [2.05, 4.69) is 31.2 Å². The second-order valence-corrected chi connectivity index (χ2v) is 8.11. The average molecular weight is 375 g/mol. The molecule has 0 unspecified atom stereocenters. The van der Waals surface area contributed by atoms with Gasteiger partial charge in [0.1, 0.15) is 0 Å². The molecule has 0 atom stereocenters. The van der Waals surface area contributed by atoms with Crippen molar-refractivity contribution >= 4 is 17.4 Å². The Kier molecular flexibility index (Phi) is 5.45. The summed E-state index contributed by atoms with van der Waals surface area (Å²) in [5.41, 5.74) is 3.18. The first-order valence-electron chi connectivity index (χ1n) is 9.27. The molecule has 144 valence electrons. The number of hydrogen-bond acceptors (Lipinski definition) is 3. The first-order valence-corrected chi connectivity index (χ1v) is 9.27. The van der Waals surface area contributed by atoms with Crippen LogP contribution in [0.4, 0.5) is 5.69 Å². The number of nitrogens with zero attached hydrogens (tertiary/aromatic N) is 2. The van der Waals surface area contributed by atoms with Crippen LogP contribution in [0.3, 0.4) is 0 Å². The molecular weight excluding hydrogens is 350 g/mol. The van der Waals surface area contributed by atoms with E-state index in [0.29, 0.717) is 22.5 Å². The predicted octanol–water partition coefficient (Wildman–Crippen LogP) is 4.49. The maximum atomic E-state index is 12.6. The lowest BCUT2D eigenvalue weighted by Crippen LogP contribution is -2.13. The van der Waals surface area contributed by atoms with Crippen molar-refractivity contribution in [2.45, 2.75) is 27.2 Å². The van der Waals surface area contributed by atoms with Gasteiger partial charge in [-0.2, -0.15) is 5.10 Å². The molecule has 5 heteroatoms. The lowest BCUT2D eigenvalue weighted by Gasteiger charge is -2.17. The molecule has 1 heterocycles. The van der Waals surface area contributed by atoms with Gasteiger partial charge in [0.05, 0.1) is 0 Å². The molecule has 0 aliphatic carbocycles. The van der Waals surface area contributed by atoms with Crippen LogP contribution in [0, 0.1) is 5.41 Å². The Bertz CT molecular complexity index is 998. The first kappa shape index (κ1) is 19.5. The van der Waals surface area contributed by atoms with Crippen molar-refractivity contribution in [3.05, 3.63) is 83.2 Å². The molecule has 1 N–H and O–H groups in total. The number of aryl methyl sites for hydroxylation is 1. The second kappa shape index (κ2) is 7.80. The molecule has 2 aromatic carbocycles. The Morgan fingerprint density at radius 3 is 2.32 bits per heavy atom. The summed E-state index contributed by atoms with van der Waals surface area (Å²) in [6.07, 6.45) is 0.824. The SMILES string of the molecule is Cn1nc(C(=O)Nc2cccc(C(=O)c3ccccc3)c2)cc1CC(C)(C)C. The van der Waals surface area contributed by atoms with Crippen molar-refractivity contribution in [2.75, 3.05) is 5.32 Å². The monoisotopic (exact) mass is 375 g/mol. The summed E-state index contributed by atoms with van der Waals surface area (Å²) in [6, 6.07) is 17.8. The third-order valence-electron chi connectivity index (χ3n) is 4.34. The van der Waals surface area contributed by atoms with E-state index in [9.17, 15) is 9.59 Å². The summed E-state index contributed by atoms with van der Waals surface area (Å²) in [4.78, 5) is 25.2. The van der Waals surface area contributed by atoms with Gasteiger partial charge in [0.2, 0.25) is 0 Å². The van der Waals surface area contributed by atoms with Crippen LogP contribution in [-0.4, -0.2) is 21.5 Å². The van der Waals surface area contributed by atoms with Crippen LogP contribution in [0.25, 0.3) is 0 Å². The first-order chi connectivity index (χ1) is 13.2. The summed E-state index contributed by atoms with van der Waals surface area (Å²) in [7, 11) is 1.84. The number of anilines is 1. The summed E-state index contributed by atoms with van der Waals surface area (Å²) < 4.78 is 1.75. The Labute approximate surface area is 165 Å². The normalized spacial score (nSPS) is 11.3. The largest absolute Gasteiger partial charge is 0.321 e. The minimum absolute atomic E-state index is 0.0815. The Morgan fingerprint density at radius 1 is 0.964 bits per heavy atom. The third-order valence-corrected chi connectivity index (χ3v) is 4.34. The van der Waals surface area contributed by atoms with Crippen molar-refractivity contribution in [3.63, 3.8) is 0 Å². The van der Waals surface area contributed by atoms with Gasteiger partial charge < -0.3 is 5.32 Å². The van der Waals surface area contributed by atoms with E-state index in [1.54, 1.807) is 41.1 Å². The summed E-state index contributed by atoms with van der Waals surface area (Å²) in [5.74, 6) is -0.373. The quantitative estimate of drug-likeness (QED) is 0.668. The van der Waals surface area contributed by atoms with Crippen LogP contribution < -0.4 is 5.32 Å². The highest BCUT2D eigenvalue weighted by Crippen LogP contribution is 2.21. The lowest BCUT2D eigenvalue weighted by molar-refractivity contribution is 0.101. The average Bonchev–Trinajstić information content (AvgIpc) is 3.01. The van der Waals surface area contributed by atoms with Crippen LogP contribution in [-0.2, 0) is 13.5 Å². The minimum atomic E-state index is -0.292. The molecule has 3 aromatic rings. The number of carbonyl (C=O) groups excluding carboxylic acids is 2. The minimum Gasteiger partial charge on any atom is -0.321 e. The molecule has 0 aliphatic rings. The zero-order valence-corrected chi connectivity index (χ0v) is 16.7. The maximum Gasteiger partial charge on any atom is 0.276 e. The van der Waals surface area contributed by atoms with E-state index < -0.39 is 0 Å². The zero-order chi connectivity index (χ0) is 20.3. The molecule has 0 fully saturated rings. The Hall–Kier alpha value is -3.21. The van der Waals surface area contributed by atoms with E-state index in [4.69, 9.17) is 0 Å². The molecule has 5 nitrogen and oxygen atoms in total. The van der Waals surface area contributed by atoms with Crippen LogP contribution >= 0.6 is 0 Å². The molecule has 28 heavy (non-hydrogen) atoms. The fraction of sp³-hybridized carbons (Fsp3) is 0.261. The highest BCUT2D eigenvalue weighted by Gasteiger charge is 2.18. The number of nitrogens with one attached hydrogen (secondary N) is 1. The van der Waals surface area contributed by atoms with Crippen molar-refractivity contribution in [1.82, 2.24) is 9.78 Å². The van der Waals surface area contributed by atoms with Gasteiger partial charge in [-0.25, -0.2) is 0 Å². The van der Waals surface area contributed by atoms with Gasteiger partial charge >= 0.3 is 0 Å². The summed E-state index contributed by atoms with van der Waals surface area (Å²) in [5, 5.41) is 7.18. The molecule has 1 aromatic heterocycles. The molecular formula is C23H25N3O2. The number of aromatic nitrogens is 2. The van der Waals surface area contributed by atoms with Crippen LogP contribution in [0.5, 0.6) is 0 Å². The molecule has 0 radical (unpaired) electrons. The standard InChI is InChI=1S/C23H25N3O2/c1-23(2,3)15-19-14-20(25-26(19)4)22(28)24-18-12-8-11-17(13-18)21(27)16-9-6-5-7-10-16/h5-14H,15H2,1-4H3,(H,24,28). The van der Waals surface area contributed by atoms with Crippen molar-refractivity contribution in [1.29, 1.82) is 0 Å². The summed E-state index contributed by atoms with van der Waals surface area (Å²) >= 11 is 0. The van der Waals surface area contributed by atoms with E-state index in [1.807, 2.05) is 31.3 Å². The number of amides is 1. The smallest absolute Gasteiger partial charge is 0.276 e. The predicted molar refractivity (Wildman–Crippen MR) is 111 cm³/mol. The lowest BCUT2D eigenvalue weighted by atomic mass is 9.90. The van der Waals surface area contributed by atoms with Crippen molar-refractivity contribution in [2.24, 2.45) is 12.5 Å². The van der Waals surface area contributed by atoms with Crippen LogP contribution in [0.15, 0.2) is 60.7 Å². The maximum absolute atomic E-state index is 12.6. The highest BCUT2D eigenvalue weighted by atomic mass is 16.2. The van der Waals surface area contributed by atoms with Gasteiger partial charge in [-0.1, -0.05) is 63.2 Å². The van der Waals surface area contributed by atoms with Gasteiger partial charge in [0, 0.05) is 29.6 Å². The van der Waals surface area contributed by atoms with Crippen LogP contribution in [0.2, 0.25) is 0 Å². The Morgan fingerprint density at radius 2 is 1.64 bits per heavy atom. The van der Waals surface area contributed by atoms with Gasteiger partial charge in [0.15, 0.2) is 11.5 Å². The number of rotatable bonds is 5. The zero-order valence-electron chi connectivity index (χ0n) is 16.7. The molecule has 0 spiro atoms. The van der Waals surface area contributed by atoms with Gasteiger partial charge in [-0.3, -0.25) is 14.3 Å². The number of benzene rings is 2. The van der Waals surface area contributed by atoms with Crippen molar-refractivity contribution < 1.29 is 9.59 Å². The molecule has 3 rings (SSSR count). The molecule has 0 aliphatic heterocycles. The number of hydrogen-bond donors (Lipinski definition) is 1. The van der Waals surface area contributed by atoms with E-state index in [-0.39, 0.29) is 17.1 Å². The van der Waals surface area contributed by atoms with Crippen molar-refractivity contribution in [3.8, 4) is 0 Å². The molecule has 0 saturated heterocycles. The fourth-order valence-corrected chi connectivity index (χ4v) is 3.02. The topological polar surface area (TPSA) is 64.0 Å². The third kappa shape index (κ3) is 4.74. The molecule has 0 saturated carbocycles. The molecule has 1 amide bonds. The Balaban J connectivity index is 1.76.